The van der Waals surface area contributed by atoms with Crippen molar-refractivity contribution >= 4 is 17.7 Å². The SMILES string of the molecule is NC(=O)CSc1nncc(=O)[nH]1. The second-order valence-corrected chi connectivity index (χ2v) is 2.86. The lowest BCUT2D eigenvalue weighted by Gasteiger charge is -1.93. The Kier molecular flexibility index (Phi) is 2.81. The first kappa shape index (κ1) is 8.72. The Balaban J connectivity index is 2.64. The maximum atomic E-state index is 10.6. The quantitative estimate of drug-likeness (QED) is 0.574. The van der Waals surface area contributed by atoms with E-state index in [1.54, 1.807) is 0 Å². The molecule has 6 nitrogen and oxygen atoms in total. The van der Waals surface area contributed by atoms with E-state index < -0.39 is 5.91 Å². The second-order valence-electron chi connectivity index (χ2n) is 1.89. The van der Waals surface area contributed by atoms with Crippen LogP contribution in [0.3, 0.4) is 0 Å². The summed E-state index contributed by atoms with van der Waals surface area (Å²) >= 11 is 1.04. The summed E-state index contributed by atoms with van der Waals surface area (Å²) in [4.78, 5) is 23.4. The topological polar surface area (TPSA) is 102 Å². The minimum atomic E-state index is -0.466. The van der Waals surface area contributed by atoms with Gasteiger partial charge < -0.3 is 5.73 Å². The molecule has 7 heteroatoms. The molecule has 3 N–H and O–H groups in total. The van der Waals surface area contributed by atoms with Crippen molar-refractivity contribution in [1.29, 1.82) is 0 Å². The summed E-state index contributed by atoms with van der Waals surface area (Å²) in [6.07, 6.45) is 1.05. The molecule has 1 rings (SSSR count). The average molecular weight is 186 g/mol. The maximum absolute atomic E-state index is 10.6. The van der Waals surface area contributed by atoms with Gasteiger partial charge in [0.2, 0.25) is 5.91 Å². The van der Waals surface area contributed by atoms with Crippen LogP contribution in [-0.2, 0) is 4.79 Å². The normalized spacial score (nSPS) is 9.67. The highest BCUT2D eigenvalue weighted by Gasteiger charge is 1.99. The highest BCUT2D eigenvalue weighted by Crippen LogP contribution is 2.07. The van der Waals surface area contributed by atoms with Crippen LogP contribution in [0.25, 0.3) is 0 Å². The first-order valence-electron chi connectivity index (χ1n) is 3.01. The zero-order chi connectivity index (χ0) is 8.97. The number of primary amides is 1. The molecule has 0 spiro atoms. The smallest absolute Gasteiger partial charge is 0.270 e. The Hall–Kier alpha value is -1.37. The van der Waals surface area contributed by atoms with E-state index in [1.165, 1.54) is 0 Å². The number of rotatable bonds is 3. The Bertz CT molecular complexity index is 336. The molecule has 0 aliphatic rings. The van der Waals surface area contributed by atoms with Gasteiger partial charge in [-0.15, -0.1) is 5.10 Å². The Labute approximate surface area is 71.6 Å². The molecule has 64 valence electrons. The van der Waals surface area contributed by atoms with Crippen molar-refractivity contribution in [2.75, 3.05) is 5.75 Å². The van der Waals surface area contributed by atoms with Gasteiger partial charge in [0.15, 0.2) is 5.16 Å². The van der Waals surface area contributed by atoms with Gasteiger partial charge in [-0.05, 0) is 0 Å². The lowest BCUT2D eigenvalue weighted by Crippen LogP contribution is -2.15. The molecule has 0 saturated carbocycles. The Morgan fingerprint density at radius 3 is 3.08 bits per heavy atom. The van der Waals surface area contributed by atoms with E-state index in [2.05, 4.69) is 15.2 Å². The summed E-state index contributed by atoms with van der Waals surface area (Å²) in [7, 11) is 0. The molecule has 0 aliphatic heterocycles. The Morgan fingerprint density at radius 2 is 2.50 bits per heavy atom. The molecule has 0 aliphatic carbocycles. The number of carbonyl (C=O) groups is 1. The number of carbonyl (C=O) groups excluding carboxylic acids is 1. The van der Waals surface area contributed by atoms with E-state index in [1.807, 2.05) is 0 Å². The minimum Gasteiger partial charge on any atom is -0.369 e. The standard InChI is InChI=1S/C5H6N4O2S/c6-3(10)2-12-5-8-4(11)1-7-9-5/h1H,2H2,(H2,6,10)(H,8,9,11). The molecule has 1 aromatic rings. The predicted molar refractivity (Wildman–Crippen MR) is 42.6 cm³/mol. The second kappa shape index (κ2) is 3.86. The number of amides is 1. The van der Waals surface area contributed by atoms with Crippen LogP contribution < -0.4 is 11.3 Å². The molecule has 0 atom stereocenters. The van der Waals surface area contributed by atoms with Crippen LogP contribution in [0.15, 0.2) is 16.1 Å². The molecule has 1 amide bonds. The number of hydrogen-bond donors (Lipinski definition) is 2. The number of H-pyrrole nitrogens is 1. The van der Waals surface area contributed by atoms with Crippen LogP contribution >= 0.6 is 11.8 Å². The van der Waals surface area contributed by atoms with Crippen LogP contribution in [-0.4, -0.2) is 26.8 Å². The fourth-order valence-corrected chi connectivity index (χ4v) is 1.06. The highest BCUT2D eigenvalue weighted by atomic mass is 32.2. The molecule has 1 heterocycles. The third kappa shape index (κ3) is 2.70. The van der Waals surface area contributed by atoms with Gasteiger partial charge in [0.05, 0.1) is 5.75 Å². The summed E-state index contributed by atoms with van der Waals surface area (Å²) in [5.41, 5.74) is 4.53. The van der Waals surface area contributed by atoms with Crippen molar-refractivity contribution < 1.29 is 4.79 Å². The van der Waals surface area contributed by atoms with Crippen molar-refractivity contribution in [3.05, 3.63) is 16.6 Å². The number of thioether (sulfide) groups is 1. The summed E-state index contributed by atoms with van der Waals surface area (Å²) in [6, 6.07) is 0. The molecule has 0 radical (unpaired) electrons. The molecule has 12 heavy (non-hydrogen) atoms. The lowest BCUT2D eigenvalue weighted by molar-refractivity contribution is -0.115. The van der Waals surface area contributed by atoms with Gasteiger partial charge in [-0.2, -0.15) is 5.10 Å². The number of nitrogens with two attached hydrogens (primary N) is 1. The van der Waals surface area contributed by atoms with Gasteiger partial charge >= 0.3 is 0 Å². The number of aromatic amines is 1. The van der Waals surface area contributed by atoms with E-state index >= 15 is 0 Å². The summed E-state index contributed by atoms with van der Waals surface area (Å²) in [6.45, 7) is 0. The number of nitrogens with one attached hydrogen (secondary N) is 1. The van der Waals surface area contributed by atoms with Crippen molar-refractivity contribution in [2.24, 2.45) is 5.73 Å². The number of hydrogen-bond acceptors (Lipinski definition) is 5. The first-order valence-corrected chi connectivity index (χ1v) is 4.00. The van der Waals surface area contributed by atoms with Crippen molar-refractivity contribution in [2.45, 2.75) is 5.16 Å². The largest absolute Gasteiger partial charge is 0.369 e. The van der Waals surface area contributed by atoms with Gasteiger partial charge in [-0.25, -0.2) is 0 Å². The van der Waals surface area contributed by atoms with E-state index in [-0.39, 0.29) is 11.3 Å². The fraction of sp³-hybridized carbons (Fsp3) is 0.200. The van der Waals surface area contributed by atoms with Gasteiger partial charge in [0.25, 0.3) is 5.56 Å². The monoisotopic (exact) mass is 186 g/mol. The van der Waals surface area contributed by atoms with Gasteiger partial charge in [-0.3, -0.25) is 14.6 Å². The molecule has 0 fully saturated rings. The van der Waals surface area contributed by atoms with Crippen molar-refractivity contribution in [3.8, 4) is 0 Å². The van der Waals surface area contributed by atoms with Crippen LogP contribution in [0.1, 0.15) is 0 Å². The lowest BCUT2D eigenvalue weighted by atomic mass is 10.8. The summed E-state index contributed by atoms with van der Waals surface area (Å²) < 4.78 is 0. The van der Waals surface area contributed by atoms with E-state index in [0.717, 1.165) is 18.0 Å². The zero-order valence-electron chi connectivity index (χ0n) is 5.98. The Morgan fingerprint density at radius 1 is 1.75 bits per heavy atom. The van der Waals surface area contributed by atoms with E-state index in [9.17, 15) is 9.59 Å². The van der Waals surface area contributed by atoms with Crippen LogP contribution in [0.4, 0.5) is 0 Å². The average Bonchev–Trinajstić information content (AvgIpc) is 2.01. The highest BCUT2D eigenvalue weighted by molar-refractivity contribution is 7.99. The zero-order valence-corrected chi connectivity index (χ0v) is 6.80. The van der Waals surface area contributed by atoms with Crippen molar-refractivity contribution in [3.63, 3.8) is 0 Å². The molecular formula is C5H6N4O2S. The molecular weight excluding hydrogens is 180 g/mol. The number of nitrogens with zero attached hydrogens (tertiary/aromatic N) is 2. The van der Waals surface area contributed by atoms with Crippen LogP contribution in [0.2, 0.25) is 0 Å². The molecule has 0 unspecified atom stereocenters. The molecule has 0 saturated heterocycles. The predicted octanol–water partition coefficient (Wildman–Crippen LogP) is -1.26. The number of aromatic nitrogens is 3. The van der Waals surface area contributed by atoms with Gasteiger partial charge in [0.1, 0.15) is 6.20 Å². The molecule has 0 aromatic carbocycles. The summed E-state index contributed by atoms with van der Waals surface area (Å²) in [5, 5.41) is 7.25. The third-order valence-electron chi connectivity index (χ3n) is 0.905. The van der Waals surface area contributed by atoms with Gasteiger partial charge in [-0.1, -0.05) is 11.8 Å². The third-order valence-corrected chi connectivity index (χ3v) is 1.79. The minimum absolute atomic E-state index is 0.0780. The van der Waals surface area contributed by atoms with E-state index in [4.69, 9.17) is 5.73 Å². The van der Waals surface area contributed by atoms with Crippen molar-refractivity contribution in [1.82, 2.24) is 15.2 Å². The fourth-order valence-electron chi connectivity index (χ4n) is 0.501. The van der Waals surface area contributed by atoms with Gasteiger partial charge in [0, 0.05) is 0 Å². The first-order chi connectivity index (χ1) is 5.68. The molecule has 1 aromatic heterocycles. The van der Waals surface area contributed by atoms with Crippen LogP contribution in [0, 0.1) is 0 Å². The van der Waals surface area contributed by atoms with E-state index in [0.29, 0.717) is 5.16 Å². The maximum Gasteiger partial charge on any atom is 0.270 e. The summed E-state index contributed by atoms with van der Waals surface area (Å²) in [5.74, 6) is -0.388. The van der Waals surface area contributed by atoms with Crippen LogP contribution in [0.5, 0.6) is 0 Å². The molecule has 0 bridgehead atoms.